The summed E-state index contributed by atoms with van der Waals surface area (Å²) in [5, 5.41) is 8.06. The smallest absolute Gasteiger partial charge is 0.323 e. The van der Waals surface area contributed by atoms with Gasteiger partial charge in [0.2, 0.25) is 0 Å². The van der Waals surface area contributed by atoms with Crippen molar-refractivity contribution in [2.75, 3.05) is 26.2 Å². The number of amidine groups is 1. The van der Waals surface area contributed by atoms with Crippen LogP contribution in [0.4, 0.5) is 0 Å². The summed E-state index contributed by atoms with van der Waals surface area (Å²) < 4.78 is 0. The monoisotopic (exact) mass is 198 g/mol. The number of hydrazone groups is 1. The van der Waals surface area contributed by atoms with Gasteiger partial charge in [-0.25, -0.2) is 0 Å². The number of nitrogens with two attached hydrogens (primary N) is 1. The van der Waals surface area contributed by atoms with E-state index >= 15 is 0 Å². The third kappa shape index (κ3) is 2.51. The van der Waals surface area contributed by atoms with Crippen LogP contribution in [-0.4, -0.2) is 42.3 Å². The molecule has 14 heavy (non-hydrogen) atoms. The largest absolute Gasteiger partial charge is 0.366 e. The van der Waals surface area contributed by atoms with Gasteiger partial charge in [0.25, 0.3) is 0 Å². The van der Waals surface area contributed by atoms with Gasteiger partial charge in [0.05, 0.1) is 0 Å². The molecule has 2 rings (SSSR count). The van der Waals surface area contributed by atoms with E-state index in [-0.39, 0.29) is 6.02 Å². The molecule has 0 aromatic carbocycles. The predicted molar refractivity (Wildman–Crippen MR) is 54.3 cm³/mol. The molecule has 2 N–H and O–H groups in total. The van der Waals surface area contributed by atoms with Crippen molar-refractivity contribution in [2.24, 2.45) is 10.8 Å². The lowest BCUT2D eigenvalue weighted by molar-refractivity contribution is -0.0536. The second-order valence-electron chi connectivity index (χ2n) is 3.83. The van der Waals surface area contributed by atoms with Crippen molar-refractivity contribution in [2.45, 2.75) is 25.7 Å². The van der Waals surface area contributed by atoms with Gasteiger partial charge in [0, 0.05) is 26.2 Å². The molecule has 0 aromatic rings. The molecule has 0 radical (unpaired) electrons. The van der Waals surface area contributed by atoms with Gasteiger partial charge in [-0.2, -0.15) is 0 Å². The second kappa shape index (κ2) is 4.50. The highest BCUT2D eigenvalue weighted by Gasteiger charge is 2.15. The Hall–Kier alpha value is -0.970. The third-order valence-electron chi connectivity index (χ3n) is 2.61. The molecule has 0 spiro atoms. The number of nitrogens with zero attached hydrogens (tertiary/aromatic N) is 3. The summed E-state index contributed by atoms with van der Waals surface area (Å²) in [5.74, 6) is 0. The van der Waals surface area contributed by atoms with E-state index in [9.17, 15) is 0 Å². The fourth-order valence-corrected chi connectivity index (χ4v) is 1.87. The molecule has 2 aliphatic heterocycles. The molecular weight excluding hydrogens is 180 g/mol. The quantitative estimate of drug-likeness (QED) is 0.513. The van der Waals surface area contributed by atoms with Gasteiger partial charge >= 0.3 is 6.02 Å². The molecule has 80 valence electrons. The SMILES string of the molecule is NC(=NN1CCCC1)ON1CCCC1. The van der Waals surface area contributed by atoms with Crippen molar-refractivity contribution in [3.05, 3.63) is 0 Å². The summed E-state index contributed by atoms with van der Waals surface area (Å²) in [4.78, 5) is 5.39. The van der Waals surface area contributed by atoms with Crippen molar-refractivity contribution in [3.8, 4) is 0 Å². The van der Waals surface area contributed by atoms with Gasteiger partial charge in [-0.15, -0.1) is 10.2 Å². The van der Waals surface area contributed by atoms with Crippen LogP contribution in [0.2, 0.25) is 0 Å². The van der Waals surface area contributed by atoms with Crippen LogP contribution in [-0.2, 0) is 4.84 Å². The van der Waals surface area contributed by atoms with Crippen molar-refractivity contribution >= 4 is 6.02 Å². The zero-order valence-corrected chi connectivity index (χ0v) is 8.48. The maximum atomic E-state index is 5.68. The molecule has 0 saturated carbocycles. The van der Waals surface area contributed by atoms with Crippen LogP contribution in [0.15, 0.2) is 5.10 Å². The highest BCUT2D eigenvalue weighted by Crippen LogP contribution is 2.09. The minimum absolute atomic E-state index is 0.286. The molecule has 5 heteroatoms. The van der Waals surface area contributed by atoms with Gasteiger partial charge in [-0.3, -0.25) is 5.01 Å². The minimum Gasteiger partial charge on any atom is -0.366 e. The van der Waals surface area contributed by atoms with E-state index in [4.69, 9.17) is 10.6 Å². The molecule has 2 aliphatic rings. The minimum atomic E-state index is 0.286. The normalized spacial score (nSPS) is 24.6. The highest BCUT2D eigenvalue weighted by molar-refractivity contribution is 5.70. The predicted octanol–water partition coefficient (Wildman–Crippen LogP) is 0.339. The van der Waals surface area contributed by atoms with E-state index in [1.165, 1.54) is 25.7 Å². The molecule has 0 aromatic heterocycles. The zero-order valence-electron chi connectivity index (χ0n) is 8.48. The number of hydroxylamine groups is 2. The molecule has 0 aliphatic carbocycles. The van der Waals surface area contributed by atoms with E-state index in [2.05, 4.69) is 5.10 Å². The maximum absolute atomic E-state index is 5.68. The topological polar surface area (TPSA) is 54.1 Å². The van der Waals surface area contributed by atoms with E-state index in [1.807, 2.05) is 10.1 Å². The molecule has 2 heterocycles. The van der Waals surface area contributed by atoms with Crippen LogP contribution >= 0.6 is 0 Å². The molecule has 2 fully saturated rings. The Morgan fingerprint density at radius 3 is 2.21 bits per heavy atom. The second-order valence-corrected chi connectivity index (χ2v) is 3.83. The van der Waals surface area contributed by atoms with Gasteiger partial charge in [-0.05, 0) is 25.7 Å². The highest BCUT2D eigenvalue weighted by atomic mass is 16.7. The van der Waals surface area contributed by atoms with Crippen molar-refractivity contribution in [1.29, 1.82) is 0 Å². The lowest BCUT2D eigenvalue weighted by Crippen LogP contribution is -2.31. The molecule has 5 nitrogen and oxygen atoms in total. The lowest BCUT2D eigenvalue weighted by atomic mass is 10.4. The Kier molecular flexibility index (Phi) is 3.08. The van der Waals surface area contributed by atoms with E-state index in [1.54, 1.807) is 0 Å². The van der Waals surface area contributed by atoms with Gasteiger partial charge in [0.1, 0.15) is 0 Å². The molecule has 0 amide bonds. The molecule has 0 unspecified atom stereocenters. The van der Waals surface area contributed by atoms with Gasteiger partial charge < -0.3 is 10.6 Å². The first kappa shape index (κ1) is 9.58. The standard InChI is InChI=1S/C9H18N4O/c10-9(11-12-5-1-2-6-12)14-13-7-3-4-8-13/h1-8H2,(H2,10,11). The summed E-state index contributed by atoms with van der Waals surface area (Å²) in [6.45, 7) is 3.94. The Morgan fingerprint density at radius 2 is 1.57 bits per heavy atom. The summed E-state index contributed by atoms with van der Waals surface area (Å²) in [6, 6.07) is 0.286. The average Bonchev–Trinajstić information content (AvgIpc) is 2.76. The zero-order chi connectivity index (χ0) is 9.80. The molecule has 0 atom stereocenters. The summed E-state index contributed by atoms with van der Waals surface area (Å²) in [5.41, 5.74) is 5.68. The maximum Gasteiger partial charge on any atom is 0.323 e. The van der Waals surface area contributed by atoms with Crippen molar-refractivity contribution in [3.63, 3.8) is 0 Å². The molecule has 0 bridgehead atoms. The number of rotatable bonds is 2. The Morgan fingerprint density at radius 1 is 1.00 bits per heavy atom. The van der Waals surface area contributed by atoms with Crippen molar-refractivity contribution < 1.29 is 4.84 Å². The van der Waals surface area contributed by atoms with Crippen LogP contribution in [0, 0.1) is 0 Å². The summed E-state index contributed by atoms with van der Waals surface area (Å²) in [6.07, 6.45) is 4.80. The fraction of sp³-hybridized carbons (Fsp3) is 0.889. The number of hydrogen-bond acceptors (Lipinski definition) is 4. The molecular formula is C9H18N4O. The van der Waals surface area contributed by atoms with E-state index in [0.29, 0.717) is 0 Å². The first-order valence-corrected chi connectivity index (χ1v) is 5.36. The molecule has 2 saturated heterocycles. The van der Waals surface area contributed by atoms with Crippen LogP contribution < -0.4 is 5.73 Å². The van der Waals surface area contributed by atoms with Gasteiger partial charge in [-0.1, -0.05) is 0 Å². The van der Waals surface area contributed by atoms with Crippen LogP contribution in [0.1, 0.15) is 25.7 Å². The van der Waals surface area contributed by atoms with Crippen molar-refractivity contribution in [1.82, 2.24) is 10.1 Å². The fourth-order valence-electron chi connectivity index (χ4n) is 1.87. The Labute approximate surface area is 84.4 Å². The summed E-state index contributed by atoms with van der Waals surface area (Å²) >= 11 is 0. The Balaban J connectivity index is 1.77. The lowest BCUT2D eigenvalue weighted by Gasteiger charge is -2.16. The summed E-state index contributed by atoms with van der Waals surface area (Å²) in [7, 11) is 0. The third-order valence-corrected chi connectivity index (χ3v) is 2.61. The van der Waals surface area contributed by atoms with Gasteiger partial charge in [0.15, 0.2) is 0 Å². The van der Waals surface area contributed by atoms with E-state index < -0.39 is 0 Å². The van der Waals surface area contributed by atoms with E-state index in [0.717, 1.165) is 26.2 Å². The van der Waals surface area contributed by atoms with Crippen LogP contribution in [0.5, 0.6) is 0 Å². The first-order chi connectivity index (χ1) is 6.84. The van der Waals surface area contributed by atoms with Crippen LogP contribution in [0.25, 0.3) is 0 Å². The first-order valence-electron chi connectivity index (χ1n) is 5.36. The number of hydrogen-bond donors (Lipinski definition) is 1. The van der Waals surface area contributed by atoms with Crippen LogP contribution in [0.3, 0.4) is 0 Å². The average molecular weight is 198 g/mol. The Bertz CT molecular complexity index is 207.